The molecule has 0 radical (unpaired) electrons. The predicted octanol–water partition coefficient (Wildman–Crippen LogP) is 3.93. The Labute approximate surface area is 110 Å². The molecule has 1 N–H and O–H groups in total. The topological polar surface area (TPSA) is 29.5 Å². The third-order valence-electron chi connectivity index (χ3n) is 4.17. The zero-order valence-electron chi connectivity index (χ0n) is 11.7. The summed E-state index contributed by atoms with van der Waals surface area (Å²) in [6, 6.07) is 4.11. The third kappa shape index (κ3) is 2.86. The van der Waals surface area contributed by atoms with Crippen LogP contribution in [0, 0.1) is 19.8 Å². The zero-order chi connectivity index (χ0) is 13.1. The highest BCUT2D eigenvalue weighted by Gasteiger charge is 2.21. The summed E-state index contributed by atoms with van der Waals surface area (Å²) >= 11 is 0. The van der Waals surface area contributed by atoms with E-state index in [1.54, 1.807) is 7.11 Å². The van der Waals surface area contributed by atoms with Crippen LogP contribution in [0.3, 0.4) is 0 Å². The summed E-state index contributed by atoms with van der Waals surface area (Å²) < 4.78 is 5.31. The molecule has 100 valence electrons. The molecule has 0 aromatic heterocycles. The Morgan fingerprint density at radius 2 is 1.89 bits per heavy atom. The van der Waals surface area contributed by atoms with E-state index in [-0.39, 0.29) is 6.10 Å². The normalized spacial score (nSPS) is 18.0. The highest BCUT2D eigenvalue weighted by atomic mass is 16.5. The van der Waals surface area contributed by atoms with Crippen molar-refractivity contribution in [1.29, 1.82) is 0 Å². The van der Waals surface area contributed by atoms with E-state index < -0.39 is 0 Å². The van der Waals surface area contributed by atoms with Gasteiger partial charge in [-0.1, -0.05) is 25.7 Å². The van der Waals surface area contributed by atoms with Crippen LogP contribution in [0.4, 0.5) is 0 Å². The number of hydrogen-bond acceptors (Lipinski definition) is 2. The maximum absolute atomic E-state index is 10.4. The molecular weight excluding hydrogens is 224 g/mol. The van der Waals surface area contributed by atoms with Gasteiger partial charge in [0.15, 0.2) is 0 Å². The molecule has 0 spiro atoms. The molecule has 0 heterocycles. The molecule has 2 rings (SSSR count). The van der Waals surface area contributed by atoms with Crippen molar-refractivity contribution in [1.82, 2.24) is 0 Å². The molecule has 1 saturated carbocycles. The van der Waals surface area contributed by atoms with Gasteiger partial charge in [-0.05, 0) is 55.0 Å². The second-order valence-electron chi connectivity index (χ2n) is 5.58. The minimum atomic E-state index is -0.322. The first-order chi connectivity index (χ1) is 8.61. The summed E-state index contributed by atoms with van der Waals surface area (Å²) in [5.74, 6) is 1.62. The monoisotopic (exact) mass is 248 g/mol. The molecule has 1 aromatic rings. The molecule has 2 nitrogen and oxygen atoms in total. The van der Waals surface area contributed by atoms with Crippen LogP contribution in [0.2, 0.25) is 0 Å². The van der Waals surface area contributed by atoms with Gasteiger partial charge in [0.2, 0.25) is 0 Å². The Balaban J connectivity index is 2.13. The number of hydrogen-bond donors (Lipinski definition) is 1. The van der Waals surface area contributed by atoms with Crippen molar-refractivity contribution in [3.63, 3.8) is 0 Å². The van der Waals surface area contributed by atoms with Crippen LogP contribution >= 0.6 is 0 Å². The van der Waals surface area contributed by atoms with Gasteiger partial charge in [0, 0.05) is 0 Å². The van der Waals surface area contributed by atoms with Gasteiger partial charge in [-0.2, -0.15) is 0 Å². The van der Waals surface area contributed by atoms with Crippen molar-refractivity contribution in [2.45, 2.75) is 52.1 Å². The summed E-state index contributed by atoms with van der Waals surface area (Å²) in [4.78, 5) is 0. The summed E-state index contributed by atoms with van der Waals surface area (Å²) in [5.41, 5.74) is 3.30. The molecule has 2 heteroatoms. The van der Waals surface area contributed by atoms with Crippen molar-refractivity contribution in [3.05, 3.63) is 28.8 Å². The zero-order valence-corrected chi connectivity index (χ0v) is 11.7. The first-order valence-electron chi connectivity index (χ1n) is 6.95. The molecule has 0 aliphatic heterocycles. The lowest BCUT2D eigenvalue weighted by atomic mass is 9.92. The molecule has 1 atom stereocenters. The van der Waals surface area contributed by atoms with Crippen molar-refractivity contribution < 1.29 is 9.84 Å². The lowest BCUT2D eigenvalue weighted by Gasteiger charge is -2.19. The van der Waals surface area contributed by atoms with Gasteiger partial charge in [-0.15, -0.1) is 0 Å². The molecule has 0 amide bonds. The van der Waals surface area contributed by atoms with E-state index in [1.165, 1.54) is 25.7 Å². The Kier molecular flexibility index (Phi) is 4.28. The van der Waals surface area contributed by atoms with E-state index in [0.717, 1.165) is 28.9 Å². The summed E-state index contributed by atoms with van der Waals surface area (Å²) in [6.45, 7) is 4.08. The van der Waals surface area contributed by atoms with E-state index in [1.807, 2.05) is 13.0 Å². The Morgan fingerprint density at radius 3 is 2.50 bits per heavy atom. The average molecular weight is 248 g/mol. The number of benzene rings is 1. The Morgan fingerprint density at radius 1 is 1.22 bits per heavy atom. The smallest absolute Gasteiger partial charge is 0.122 e. The second-order valence-corrected chi connectivity index (χ2v) is 5.58. The fourth-order valence-corrected chi connectivity index (χ4v) is 3.08. The van der Waals surface area contributed by atoms with Gasteiger partial charge < -0.3 is 9.84 Å². The number of aliphatic hydroxyl groups is 1. The molecule has 1 aromatic carbocycles. The van der Waals surface area contributed by atoms with Crippen LogP contribution < -0.4 is 4.74 Å². The number of rotatable bonds is 4. The van der Waals surface area contributed by atoms with Gasteiger partial charge in [0.1, 0.15) is 5.75 Å². The van der Waals surface area contributed by atoms with Crippen LogP contribution in [-0.2, 0) is 0 Å². The standard InChI is InChI=1S/C16H24O2/c1-11-9-16(18-3)12(2)8-14(11)15(17)10-13-6-4-5-7-13/h8-9,13,15,17H,4-7,10H2,1-3H3. The van der Waals surface area contributed by atoms with Crippen LogP contribution in [0.5, 0.6) is 5.75 Å². The predicted molar refractivity (Wildman–Crippen MR) is 74.0 cm³/mol. The number of aliphatic hydroxyl groups excluding tert-OH is 1. The molecule has 1 unspecified atom stereocenters. The number of methoxy groups -OCH3 is 1. The lowest BCUT2D eigenvalue weighted by Crippen LogP contribution is -2.06. The number of aryl methyl sites for hydroxylation is 2. The van der Waals surface area contributed by atoms with E-state index in [4.69, 9.17) is 4.74 Å². The van der Waals surface area contributed by atoms with Crippen LogP contribution in [-0.4, -0.2) is 12.2 Å². The molecular formula is C16H24O2. The van der Waals surface area contributed by atoms with Crippen LogP contribution in [0.15, 0.2) is 12.1 Å². The fraction of sp³-hybridized carbons (Fsp3) is 0.625. The lowest BCUT2D eigenvalue weighted by molar-refractivity contribution is 0.144. The molecule has 1 aliphatic rings. The minimum absolute atomic E-state index is 0.322. The average Bonchev–Trinajstić information content (AvgIpc) is 2.84. The van der Waals surface area contributed by atoms with E-state index in [9.17, 15) is 5.11 Å². The van der Waals surface area contributed by atoms with E-state index in [0.29, 0.717) is 5.92 Å². The first-order valence-corrected chi connectivity index (χ1v) is 6.95. The van der Waals surface area contributed by atoms with Gasteiger partial charge in [-0.25, -0.2) is 0 Å². The van der Waals surface area contributed by atoms with Crippen LogP contribution in [0.25, 0.3) is 0 Å². The van der Waals surface area contributed by atoms with Crippen molar-refractivity contribution >= 4 is 0 Å². The van der Waals surface area contributed by atoms with Crippen molar-refractivity contribution in [2.75, 3.05) is 7.11 Å². The molecule has 0 bridgehead atoms. The van der Waals surface area contributed by atoms with Crippen molar-refractivity contribution in [3.8, 4) is 5.75 Å². The summed E-state index contributed by atoms with van der Waals surface area (Å²) in [7, 11) is 1.69. The van der Waals surface area contributed by atoms with Crippen molar-refractivity contribution in [2.24, 2.45) is 5.92 Å². The highest BCUT2D eigenvalue weighted by molar-refractivity contribution is 5.42. The molecule has 18 heavy (non-hydrogen) atoms. The Bertz CT molecular complexity index is 406. The molecule has 1 fully saturated rings. The van der Waals surface area contributed by atoms with Crippen LogP contribution in [0.1, 0.15) is 54.9 Å². The molecule has 1 aliphatic carbocycles. The largest absolute Gasteiger partial charge is 0.496 e. The maximum atomic E-state index is 10.4. The van der Waals surface area contributed by atoms with Gasteiger partial charge in [0.25, 0.3) is 0 Å². The summed E-state index contributed by atoms with van der Waals surface area (Å²) in [6.07, 6.45) is 5.82. The Hall–Kier alpha value is -1.02. The fourth-order valence-electron chi connectivity index (χ4n) is 3.08. The quantitative estimate of drug-likeness (QED) is 0.875. The first kappa shape index (κ1) is 13.4. The number of ether oxygens (including phenoxy) is 1. The molecule has 0 saturated heterocycles. The highest BCUT2D eigenvalue weighted by Crippen LogP contribution is 2.35. The van der Waals surface area contributed by atoms with E-state index in [2.05, 4.69) is 13.0 Å². The van der Waals surface area contributed by atoms with Gasteiger partial charge in [0.05, 0.1) is 13.2 Å². The van der Waals surface area contributed by atoms with E-state index >= 15 is 0 Å². The minimum Gasteiger partial charge on any atom is -0.496 e. The maximum Gasteiger partial charge on any atom is 0.122 e. The second kappa shape index (κ2) is 5.75. The summed E-state index contributed by atoms with van der Waals surface area (Å²) in [5, 5.41) is 10.4. The third-order valence-corrected chi connectivity index (χ3v) is 4.17. The van der Waals surface area contributed by atoms with Gasteiger partial charge in [-0.3, -0.25) is 0 Å². The SMILES string of the molecule is COc1cc(C)c(C(O)CC2CCCC2)cc1C. The van der Waals surface area contributed by atoms with Gasteiger partial charge >= 0.3 is 0 Å².